The van der Waals surface area contributed by atoms with Gasteiger partial charge in [-0.05, 0) is 82.2 Å². The van der Waals surface area contributed by atoms with Crippen LogP contribution in [-0.2, 0) is 21.4 Å². The zero-order valence-electron chi connectivity index (χ0n) is 21.1. The van der Waals surface area contributed by atoms with Crippen LogP contribution in [0.5, 0.6) is 0 Å². The van der Waals surface area contributed by atoms with E-state index in [9.17, 15) is 13.2 Å². The Balaban J connectivity index is 1.14. The second-order valence-electron chi connectivity index (χ2n) is 10.4. The van der Waals surface area contributed by atoms with Gasteiger partial charge in [-0.1, -0.05) is 47.5 Å². The van der Waals surface area contributed by atoms with Crippen molar-refractivity contribution in [2.75, 3.05) is 32.7 Å². The molecule has 2 aromatic rings. The summed E-state index contributed by atoms with van der Waals surface area (Å²) in [5.74, 6) is 0.887. The number of rotatable bonds is 8. The van der Waals surface area contributed by atoms with Crippen LogP contribution in [-0.4, -0.2) is 56.3 Å². The minimum absolute atomic E-state index is 0.104. The summed E-state index contributed by atoms with van der Waals surface area (Å²) in [4.78, 5) is 15.4. The van der Waals surface area contributed by atoms with Gasteiger partial charge < -0.3 is 5.32 Å². The van der Waals surface area contributed by atoms with Crippen LogP contribution in [0.15, 0.2) is 53.4 Å². The first-order valence-electron chi connectivity index (χ1n) is 12.9. The highest BCUT2D eigenvalue weighted by atomic mass is 32.2. The number of amides is 1. The van der Waals surface area contributed by atoms with Gasteiger partial charge in [-0.15, -0.1) is 0 Å². The molecule has 4 rings (SSSR count). The van der Waals surface area contributed by atoms with Gasteiger partial charge in [0.1, 0.15) is 0 Å². The van der Waals surface area contributed by atoms with Gasteiger partial charge in [-0.25, -0.2) is 8.42 Å². The Morgan fingerprint density at radius 3 is 1.97 bits per heavy atom. The lowest BCUT2D eigenvalue weighted by atomic mass is 9.93. The van der Waals surface area contributed by atoms with Crippen LogP contribution in [0.25, 0.3) is 0 Å². The Hall–Kier alpha value is -2.22. The first kappa shape index (κ1) is 25.9. The zero-order chi connectivity index (χ0) is 24.8. The summed E-state index contributed by atoms with van der Waals surface area (Å²) in [7, 11) is -3.45. The van der Waals surface area contributed by atoms with Crippen molar-refractivity contribution in [3.8, 4) is 0 Å². The molecule has 0 aromatic heterocycles. The summed E-state index contributed by atoms with van der Waals surface area (Å²) in [5, 5.41) is 3.15. The fourth-order valence-electron chi connectivity index (χ4n) is 5.11. The van der Waals surface area contributed by atoms with E-state index in [1.807, 2.05) is 19.1 Å². The van der Waals surface area contributed by atoms with Crippen LogP contribution in [0.2, 0.25) is 0 Å². The molecule has 0 atom stereocenters. The van der Waals surface area contributed by atoms with Crippen LogP contribution >= 0.6 is 0 Å². The predicted molar refractivity (Wildman–Crippen MR) is 139 cm³/mol. The fraction of sp³-hybridized carbons (Fsp3) is 0.536. The van der Waals surface area contributed by atoms with Crippen molar-refractivity contribution in [1.82, 2.24) is 14.5 Å². The molecule has 35 heavy (non-hydrogen) atoms. The lowest BCUT2D eigenvalue weighted by Gasteiger charge is -2.32. The molecule has 2 aromatic carbocycles. The van der Waals surface area contributed by atoms with E-state index in [1.54, 1.807) is 16.4 Å². The minimum atomic E-state index is -3.45. The Morgan fingerprint density at radius 2 is 1.37 bits per heavy atom. The van der Waals surface area contributed by atoms with E-state index in [0.717, 1.165) is 57.4 Å². The molecule has 1 amide bonds. The van der Waals surface area contributed by atoms with Crippen LogP contribution < -0.4 is 5.32 Å². The normalized spacial score (nSPS) is 19.0. The van der Waals surface area contributed by atoms with E-state index in [4.69, 9.17) is 0 Å². The smallest absolute Gasteiger partial charge is 0.243 e. The Bertz CT molecular complexity index is 1070. The quantitative estimate of drug-likeness (QED) is 0.596. The zero-order valence-corrected chi connectivity index (χ0v) is 21.9. The molecule has 0 aliphatic carbocycles. The molecule has 6 nitrogen and oxygen atoms in total. The van der Waals surface area contributed by atoms with Crippen molar-refractivity contribution in [3.63, 3.8) is 0 Å². The maximum Gasteiger partial charge on any atom is 0.243 e. The SMILES string of the molecule is Cc1ccc(CN2CCC(CNC(=O)CC3CCN(S(=O)(=O)c4ccc(C)cc4)CC3)CC2)cc1. The number of hydrogen-bond donors (Lipinski definition) is 1. The van der Waals surface area contributed by atoms with Gasteiger partial charge in [-0.2, -0.15) is 4.31 Å². The number of nitrogens with zero attached hydrogens (tertiary/aromatic N) is 2. The van der Waals surface area contributed by atoms with Crippen LogP contribution in [0, 0.1) is 25.7 Å². The van der Waals surface area contributed by atoms with Crippen LogP contribution in [0.1, 0.15) is 48.8 Å². The summed E-state index contributed by atoms with van der Waals surface area (Å²) in [6.45, 7) is 8.91. The van der Waals surface area contributed by atoms with Gasteiger partial charge in [0.2, 0.25) is 15.9 Å². The van der Waals surface area contributed by atoms with E-state index in [-0.39, 0.29) is 11.8 Å². The molecule has 2 fully saturated rings. The standard InChI is InChI=1S/C28H39N3O3S/c1-22-3-7-26(8-4-22)21-30-15-11-25(12-16-30)20-29-28(32)19-24-13-17-31(18-14-24)35(33,34)27-9-5-23(2)6-10-27/h3-10,24-25H,11-21H2,1-2H3,(H,29,32). The summed E-state index contributed by atoms with van der Waals surface area (Å²) >= 11 is 0. The molecule has 1 N–H and O–H groups in total. The second-order valence-corrected chi connectivity index (χ2v) is 12.3. The highest BCUT2D eigenvalue weighted by Crippen LogP contribution is 2.26. The number of benzene rings is 2. The molecule has 7 heteroatoms. The maximum absolute atomic E-state index is 12.9. The van der Waals surface area contributed by atoms with Crippen molar-refractivity contribution in [3.05, 3.63) is 65.2 Å². The van der Waals surface area contributed by atoms with E-state index in [0.29, 0.717) is 30.3 Å². The van der Waals surface area contributed by atoms with E-state index in [2.05, 4.69) is 41.4 Å². The van der Waals surface area contributed by atoms with Gasteiger partial charge >= 0.3 is 0 Å². The Kier molecular flexibility index (Phi) is 8.63. The molecular weight excluding hydrogens is 458 g/mol. The van der Waals surface area contributed by atoms with Crippen LogP contribution in [0.3, 0.4) is 0 Å². The molecular formula is C28H39N3O3S. The largest absolute Gasteiger partial charge is 0.356 e. The maximum atomic E-state index is 12.9. The lowest BCUT2D eigenvalue weighted by Crippen LogP contribution is -2.41. The van der Waals surface area contributed by atoms with E-state index in [1.165, 1.54) is 11.1 Å². The third kappa shape index (κ3) is 7.15. The molecule has 2 aliphatic rings. The van der Waals surface area contributed by atoms with Gasteiger partial charge in [0, 0.05) is 32.6 Å². The highest BCUT2D eigenvalue weighted by Gasteiger charge is 2.30. The molecule has 0 bridgehead atoms. The van der Waals surface area contributed by atoms with Crippen molar-refractivity contribution >= 4 is 15.9 Å². The van der Waals surface area contributed by atoms with Crippen molar-refractivity contribution in [2.24, 2.45) is 11.8 Å². The third-order valence-corrected chi connectivity index (χ3v) is 9.44. The monoisotopic (exact) mass is 497 g/mol. The average Bonchev–Trinajstić information content (AvgIpc) is 2.86. The first-order valence-corrected chi connectivity index (χ1v) is 14.3. The van der Waals surface area contributed by atoms with Gasteiger partial charge in [0.25, 0.3) is 0 Å². The molecule has 0 saturated carbocycles. The molecule has 2 aliphatic heterocycles. The molecule has 2 heterocycles. The van der Waals surface area contributed by atoms with Gasteiger partial charge in [0.05, 0.1) is 4.90 Å². The molecule has 0 unspecified atom stereocenters. The number of aryl methyl sites for hydroxylation is 2. The molecule has 190 valence electrons. The van der Waals surface area contributed by atoms with Crippen molar-refractivity contribution in [1.29, 1.82) is 0 Å². The summed E-state index contributed by atoms with van der Waals surface area (Å²) in [6.07, 6.45) is 4.18. The number of likely N-dealkylation sites (tertiary alicyclic amines) is 1. The molecule has 0 spiro atoms. The third-order valence-electron chi connectivity index (χ3n) is 7.53. The first-order chi connectivity index (χ1) is 16.8. The average molecular weight is 498 g/mol. The van der Waals surface area contributed by atoms with E-state index >= 15 is 0 Å². The van der Waals surface area contributed by atoms with Crippen molar-refractivity contribution in [2.45, 2.75) is 57.4 Å². The number of carbonyl (C=O) groups is 1. The highest BCUT2D eigenvalue weighted by molar-refractivity contribution is 7.89. The summed E-state index contributed by atoms with van der Waals surface area (Å²) in [6, 6.07) is 15.8. The number of nitrogens with one attached hydrogen (secondary N) is 1. The van der Waals surface area contributed by atoms with E-state index < -0.39 is 10.0 Å². The molecule has 2 saturated heterocycles. The van der Waals surface area contributed by atoms with Crippen LogP contribution in [0.4, 0.5) is 0 Å². The summed E-state index contributed by atoms with van der Waals surface area (Å²) < 4.78 is 27.3. The van der Waals surface area contributed by atoms with Gasteiger partial charge in [-0.3, -0.25) is 9.69 Å². The number of carbonyl (C=O) groups excluding carboxylic acids is 1. The predicted octanol–water partition coefficient (Wildman–Crippen LogP) is 4.12. The number of sulfonamides is 1. The number of piperidine rings is 2. The fourth-order valence-corrected chi connectivity index (χ4v) is 6.58. The van der Waals surface area contributed by atoms with Gasteiger partial charge in [0.15, 0.2) is 0 Å². The Morgan fingerprint density at radius 1 is 0.829 bits per heavy atom. The molecule has 0 radical (unpaired) electrons. The topological polar surface area (TPSA) is 69.7 Å². The number of hydrogen-bond acceptors (Lipinski definition) is 4. The Labute approximate surface area is 210 Å². The second kappa shape index (κ2) is 11.7. The van der Waals surface area contributed by atoms with Crippen molar-refractivity contribution < 1.29 is 13.2 Å². The summed E-state index contributed by atoms with van der Waals surface area (Å²) in [5.41, 5.74) is 3.70. The lowest BCUT2D eigenvalue weighted by molar-refractivity contribution is -0.122. The minimum Gasteiger partial charge on any atom is -0.356 e.